The Kier molecular flexibility index (Phi) is 5.64. The third-order valence-corrected chi connectivity index (χ3v) is 6.57. The number of carbonyl (C=O) groups is 1. The molecule has 0 spiro atoms. The minimum Gasteiger partial charge on any atom is -0.352 e. The van der Waals surface area contributed by atoms with E-state index in [1.807, 2.05) is 18.2 Å². The second kappa shape index (κ2) is 7.77. The smallest absolute Gasteiger partial charge is 0.262 e. The van der Waals surface area contributed by atoms with Gasteiger partial charge in [0.05, 0.1) is 12.2 Å². The van der Waals surface area contributed by atoms with Crippen LogP contribution in [0.4, 0.5) is 0 Å². The summed E-state index contributed by atoms with van der Waals surface area (Å²) in [7, 11) is -1.97. The topological polar surface area (TPSA) is 84.3 Å². The minimum absolute atomic E-state index is 0.0112. The molecule has 9 heteroatoms. The van der Waals surface area contributed by atoms with Crippen LogP contribution in [0, 0.1) is 5.92 Å². The van der Waals surface area contributed by atoms with E-state index in [-0.39, 0.29) is 23.4 Å². The van der Waals surface area contributed by atoms with E-state index < -0.39 is 10.0 Å². The summed E-state index contributed by atoms with van der Waals surface area (Å²) in [5, 5.41) is 3.47. The fraction of sp³-hybridized carbons (Fsp3) is 0.412. The van der Waals surface area contributed by atoms with E-state index in [4.69, 9.17) is 11.6 Å². The van der Waals surface area contributed by atoms with Crippen LogP contribution >= 0.6 is 11.6 Å². The van der Waals surface area contributed by atoms with Gasteiger partial charge in [0, 0.05) is 37.9 Å². The predicted molar refractivity (Wildman–Crippen MR) is 98.0 cm³/mol. The van der Waals surface area contributed by atoms with Gasteiger partial charge in [-0.1, -0.05) is 29.8 Å². The van der Waals surface area contributed by atoms with Gasteiger partial charge in [-0.15, -0.1) is 0 Å². The summed E-state index contributed by atoms with van der Waals surface area (Å²) in [4.78, 5) is 16.4. The van der Waals surface area contributed by atoms with Crippen molar-refractivity contribution in [3.8, 4) is 0 Å². The van der Waals surface area contributed by atoms with Gasteiger partial charge in [-0.25, -0.2) is 13.4 Å². The highest BCUT2D eigenvalue weighted by Crippen LogP contribution is 2.23. The number of halogens is 1. The number of benzene rings is 1. The standard InChI is InChI=1S/C17H21ClN4O3S/c1-21-11-16(20-12-21)26(24,25)22-8-4-6-14(10-22)17(23)19-9-13-5-2-3-7-15(13)18/h2-3,5,7,11-12,14H,4,6,8-10H2,1H3,(H,19,23)/t14-/m0/s1. The first kappa shape index (κ1) is 18.9. The Morgan fingerprint density at radius 1 is 1.38 bits per heavy atom. The first-order valence-electron chi connectivity index (χ1n) is 8.37. The van der Waals surface area contributed by atoms with Crippen molar-refractivity contribution in [3.63, 3.8) is 0 Å². The quantitative estimate of drug-likeness (QED) is 0.835. The number of imidazole rings is 1. The maximum atomic E-state index is 12.7. The van der Waals surface area contributed by atoms with Crippen molar-refractivity contribution in [2.24, 2.45) is 13.0 Å². The Bertz CT molecular complexity index is 897. The van der Waals surface area contributed by atoms with Crippen LogP contribution in [0.15, 0.2) is 41.8 Å². The molecule has 0 saturated carbocycles. The number of sulfonamides is 1. The molecule has 2 aromatic rings. The third kappa shape index (κ3) is 4.08. The van der Waals surface area contributed by atoms with Crippen LogP contribution in [-0.2, 0) is 28.4 Å². The molecule has 0 bridgehead atoms. The van der Waals surface area contributed by atoms with Crippen molar-refractivity contribution in [1.29, 1.82) is 0 Å². The van der Waals surface area contributed by atoms with Gasteiger partial charge < -0.3 is 9.88 Å². The lowest BCUT2D eigenvalue weighted by Crippen LogP contribution is -2.45. The number of aryl methyl sites for hydroxylation is 1. The number of piperidine rings is 1. The first-order valence-corrected chi connectivity index (χ1v) is 10.2. The highest BCUT2D eigenvalue weighted by molar-refractivity contribution is 7.89. The van der Waals surface area contributed by atoms with Gasteiger partial charge in [0.25, 0.3) is 10.0 Å². The number of nitrogens with one attached hydrogen (secondary N) is 1. The zero-order chi connectivity index (χ0) is 18.7. The summed E-state index contributed by atoms with van der Waals surface area (Å²) >= 11 is 6.10. The molecule has 1 N–H and O–H groups in total. The van der Waals surface area contributed by atoms with E-state index >= 15 is 0 Å². The summed E-state index contributed by atoms with van der Waals surface area (Å²) in [6.07, 6.45) is 4.21. The Labute approximate surface area is 158 Å². The van der Waals surface area contributed by atoms with Gasteiger partial charge in [-0.2, -0.15) is 4.31 Å². The Hall–Kier alpha value is -1.90. The van der Waals surface area contributed by atoms with E-state index in [1.54, 1.807) is 17.7 Å². The fourth-order valence-corrected chi connectivity index (χ4v) is 4.69. The monoisotopic (exact) mass is 396 g/mol. The largest absolute Gasteiger partial charge is 0.352 e. The van der Waals surface area contributed by atoms with E-state index in [9.17, 15) is 13.2 Å². The van der Waals surface area contributed by atoms with Crippen molar-refractivity contribution >= 4 is 27.5 Å². The molecule has 1 aromatic carbocycles. The average Bonchev–Trinajstić information content (AvgIpc) is 3.08. The lowest BCUT2D eigenvalue weighted by molar-refractivity contribution is -0.126. The zero-order valence-electron chi connectivity index (χ0n) is 14.4. The molecule has 1 aromatic heterocycles. The molecular weight excluding hydrogens is 376 g/mol. The Morgan fingerprint density at radius 2 is 2.15 bits per heavy atom. The Balaban J connectivity index is 1.64. The summed E-state index contributed by atoms with van der Waals surface area (Å²) < 4.78 is 28.3. The van der Waals surface area contributed by atoms with E-state index in [1.165, 1.54) is 16.8 Å². The van der Waals surface area contributed by atoms with Crippen LogP contribution in [-0.4, -0.2) is 41.3 Å². The summed E-state index contributed by atoms with van der Waals surface area (Å²) in [5.41, 5.74) is 0.830. The van der Waals surface area contributed by atoms with Gasteiger partial charge in [0.2, 0.25) is 5.91 Å². The fourth-order valence-electron chi connectivity index (χ4n) is 3.00. The molecule has 1 saturated heterocycles. The van der Waals surface area contributed by atoms with Crippen LogP contribution in [0.25, 0.3) is 0 Å². The van der Waals surface area contributed by atoms with Crippen LogP contribution < -0.4 is 5.32 Å². The molecule has 1 fully saturated rings. The van der Waals surface area contributed by atoms with Gasteiger partial charge in [0.15, 0.2) is 5.03 Å². The molecular formula is C17H21ClN4O3S. The summed E-state index contributed by atoms with van der Waals surface area (Å²) in [5.74, 6) is -0.546. The van der Waals surface area contributed by atoms with Crippen LogP contribution in [0.1, 0.15) is 18.4 Å². The van der Waals surface area contributed by atoms with Gasteiger partial charge >= 0.3 is 0 Å². The highest BCUT2D eigenvalue weighted by atomic mass is 35.5. The molecule has 0 aliphatic carbocycles. The summed E-state index contributed by atoms with van der Waals surface area (Å²) in [6, 6.07) is 7.30. The molecule has 7 nitrogen and oxygen atoms in total. The van der Waals surface area contributed by atoms with Crippen LogP contribution in [0.2, 0.25) is 5.02 Å². The van der Waals surface area contributed by atoms with Crippen LogP contribution in [0.5, 0.6) is 0 Å². The number of hydrogen-bond acceptors (Lipinski definition) is 4. The first-order chi connectivity index (χ1) is 12.4. The maximum Gasteiger partial charge on any atom is 0.262 e. The molecule has 1 amide bonds. The molecule has 1 aliphatic heterocycles. The van der Waals surface area contributed by atoms with Crippen molar-refractivity contribution in [1.82, 2.24) is 19.2 Å². The molecule has 1 aliphatic rings. The normalized spacial score (nSPS) is 18.6. The van der Waals surface area contributed by atoms with Gasteiger partial charge in [-0.05, 0) is 24.5 Å². The van der Waals surface area contributed by atoms with E-state index in [0.29, 0.717) is 31.0 Å². The molecule has 0 radical (unpaired) electrons. The SMILES string of the molecule is Cn1cnc(S(=O)(=O)N2CCC[C@H](C(=O)NCc3ccccc3Cl)C2)c1. The number of amides is 1. The molecule has 3 rings (SSSR count). The number of rotatable bonds is 5. The molecule has 140 valence electrons. The van der Waals surface area contributed by atoms with Gasteiger partial charge in [-0.3, -0.25) is 4.79 Å². The average molecular weight is 397 g/mol. The number of aromatic nitrogens is 2. The Morgan fingerprint density at radius 3 is 2.85 bits per heavy atom. The predicted octanol–water partition coefficient (Wildman–Crippen LogP) is 1.79. The van der Waals surface area contributed by atoms with Gasteiger partial charge in [0.1, 0.15) is 0 Å². The van der Waals surface area contributed by atoms with Crippen molar-refractivity contribution in [3.05, 3.63) is 47.4 Å². The second-order valence-electron chi connectivity index (χ2n) is 6.39. The van der Waals surface area contributed by atoms with Crippen molar-refractivity contribution in [2.45, 2.75) is 24.4 Å². The second-order valence-corrected chi connectivity index (χ2v) is 8.68. The molecule has 26 heavy (non-hydrogen) atoms. The maximum absolute atomic E-state index is 12.7. The van der Waals surface area contributed by atoms with Crippen molar-refractivity contribution in [2.75, 3.05) is 13.1 Å². The lowest BCUT2D eigenvalue weighted by atomic mass is 9.99. The third-order valence-electron chi connectivity index (χ3n) is 4.45. The number of nitrogens with zero attached hydrogens (tertiary/aromatic N) is 3. The number of hydrogen-bond donors (Lipinski definition) is 1. The van der Waals surface area contributed by atoms with Crippen LogP contribution in [0.3, 0.4) is 0 Å². The highest BCUT2D eigenvalue weighted by Gasteiger charge is 2.34. The molecule has 0 unspecified atom stereocenters. The van der Waals surface area contributed by atoms with Crippen molar-refractivity contribution < 1.29 is 13.2 Å². The van der Waals surface area contributed by atoms with E-state index in [2.05, 4.69) is 10.3 Å². The number of carbonyl (C=O) groups excluding carboxylic acids is 1. The lowest BCUT2D eigenvalue weighted by Gasteiger charge is -2.30. The molecule has 1 atom stereocenters. The molecule has 2 heterocycles. The summed E-state index contributed by atoms with van der Waals surface area (Å²) in [6.45, 7) is 0.877. The van der Waals surface area contributed by atoms with E-state index in [0.717, 1.165) is 5.56 Å². The zero-order valence-corrected chi connectivity index (χ0v) is 16.0. The minimum atomic E-state index is -3.68.